The number of carbonyl (C=O) groups is 1. The molecule has 7 nitrogen and oxygen atoms in total. The number of ether oxygens (including phenoxy) is 4. The van der Waals surface area contributed by atoms with Gasteiger partial charge in [-0.05, 0) is 54.6 Å². The number of nitrogens with zero attached hydrogens (tertiary/aromatic N) is 1. The van der Waals surface area contributed by atoms with Gasteiger partial charge in [-0.3, -0.25) is 4.79 Å². The lowest BCUT2D eigenvalue weighted by atomic mass is 10.1. The molecule has 0 aromatic heterocycles. The van der Waals surface area contributed by atoms with E-state index in [0.29, 0.717) is 45.4 Å². The number of para-hydroxylation sites is 2. The summed E-state index contributed by atoms with van der Waals surface area (Å²) in [7, 11) is 4.64. The summed E-state index contributed by atoms with van der Waals surface area (Å²) >= 11 is 1.25. The van der Waals surface area contributed by atoms with Crippen LogP contribution in [0.15, 0.2) is 46.3 Å². The molecule has 3 rings (SSSR count). The molecule has 0 saturated carbocycles. The van der Waals surface area contributed by atoms with Crippen molar-refractivity contribution < 1.29 is 23.7 Å². The van der Waals surface area contributed by atoms with Gasteiger partial charge in [0.2, 0.25) is 5.75 Å². The van der Waals surface area contributed by atoms with Crippen LogP contribution in [0.1, 0.15) is 12.5 Å². The molecule has 1 heterocycles. The van der Waals surface area contributed by atoms with E-state index in [-0.39, 0.29) is 5.91 Å². The second kappa shape index (κ2) is 9.38. The van der Waals surface area contributed by atoms with E-state index < -0.39 is 0 Å². The molecule has 1 amide bonds. The van der Waals surface area contributed by atoms with Crippen LogP contribution in [-0.2, 0) is 4.79 Å². The van der Waals surface area contributed by atoms with Gasteiger partial charge in [-0.2, -0.15) is 0 Å². The molecule has 1 N–H and O–H groups in total. The number of hydrogen-bond acceptors (Lipinski definition) is 7. The number of carbonyl (C=O) groups excluding carboxylic acids is 1. The van der Waals surface area contributed by atoms with Gasteiger partial charge in [0, 0.05) is 0 Å². The average Bonchev–Trinajstić information content (AvgIpc) is 3.07. The van der Waals surface area contributed by atoms with Crippen molar-refractivity contribution in [3.63, 3.8) is 0 Å². The zero-order valence-corrected chi connectivity index (χ0v) is 17.5. The minimum Gasteiger partial charge on any atom is -0.493 e. The predicted molar refractivity (Wildman–Crippen MR) is 115 cm³/mol. The summed E-state index contributed by atoms with van der Waals surface area (Å²) in [5.41, 5.74) is 1.40. The molecule has 0 radical (unpaired) electrons. The lowest BCUT2D eigenvalue weighted by Crippen LogP contribution is -2.19. The van der Waals surface area contributed by atoms with Crippen LogP contribution in [0.4, 0.5) is 5.69 Å². The Morgan fingerprint density at radius 2 is 1.72 bits per heavy atom. The molecular weight excluding hydrogens is 392 g/mol. The maximum atomic E-state index is 12.4. The lowest BCUT2D eigenvalue weighted by molar-refractivity contribution is -0.115. The molecular formula is C21H22N2O5S. The van der Waals surface area contributed by atoms with Crippen LogP contribution in [0.25, 0.3) is 6.08 Å². The van der Waals surface area contributed by atoms with Crippen molar-refractivity contribution >= 4 is 34.6 Å². The third kappa shape index (κ3) is 4.65. The van der Waals surface area contributed by atoms with Gasteiger partial charge in [0.05, 0.1) is 32.8 Å². The molecule has 2 aromatic rings. The molecule has 1 saturated heterocycles. The normalized spacial score (nSPS) is 16.1. The first kappa shape index (κ1) is 20.6. The fourth-order valence-corrected chi connectivity index (χ4v) is 3.59. The van der Waals surface area contributed by atoms with Gasteiger partial charge in [0.15, 0.2) is 16.7 Å². The van der Waals surface area contributed by atoms with Gasteiger partial charge in [0.1, 0.15) is 11.4 Å². The Labute approximate surface area is 173 Å². The maximum Gasteiger partial charge on any atom is 0.264 e. The number of methoxy groups -OCH3 is 3. The average molecular weight is 414 g/mol. The van der Waals surface area contributed by atoms with Crippen LogP contribution in [0.3, 0.4) is 0 Å². The van der Waals surface area contributed by atoms with E-state index in [2.05, 4.69) is 10.3 Å². The molecule has 0 unspecified atom stereocenters. The number of hydrogen-bond donors (Lipinski definition) is 1. The van der Waals surface area contributed by atoms with E-state index in [1.54, 1.807) is 39.5 Å². The number of rotatable bonds is 7. The first-order chi connectivity index (χ1) is 14.1. The van der Waals surface area contributed by atoms with Crippen molar-refractivity contribution in [2.24, 2.45) is 4.99 Å². The Bertz CT molecular complexity index is 946. The Hall–Kier alpha value is -3.13. The van der Waals surface area contributed by atoms with Crippen LogP contribution in [0, 0.1) is 0 Å². The minimum atomic E-state index is -0.226. The largest absolute Gasteiger partial charge is 0.493 e. The fourth-order valence-electron chi connectivity index (χ4n) is 2.75. The second-order valence-corrected chi connectivity index (χ2v) is 6.87. The smallest absolute Gasteiger partial charge is 0.264 e. The van der Waals surface area contributed by atoms with Gasteiger partial charge in [-0.15, -0.1) is 0 Å². The van der Waals surface area contributed by atoms with Crippen LogP contribution in [0.5, 0.6) is 23.0 Å². The van der Waals surface area contributed by atoms with E-state index in [4.69, 9.17) is 18.9 Å². The zero-order valence-electron chi connectivity index (χ0n) is 16.6. The van der Waals surface area contributed by atoms with Gasteiger partial charge in [-0.1, -0.05) is 12.1 Å². The molecule has 0 atom stereocenters. The number of nitrogens with one attached hydrogen (secondary N) is 1. The third-order valence-corrected chi connectivity index (χ3v) is 4.93. The predicted octanol–water partition coefficient (Wildman–Crippen LogP) is 4.00. The molecule has 2 aromatic carbocycles. The molecule has 0 bridgehead atoms. The second-order valence-electron chi connectivity index (χ2n) is 5.84. The number of aliphatic imine (C=N–C) groups is 1. The Morgan fingerprint density at radius 1 is 1.03 bits per heavy atom. The number of thioether (sulfide) groups is 1. The van der Waals surface area contributed by atoms with Gasteiger partial charge >= 0.3 is 0 Å². The Morgan fingerprint density at radius 3 is 2.34 bits per heavy atom. The lowest BCUT2D eigenvalue weighted by Gasteiger charge is -2.12. The minimum absolute atomic E-state index is 0.226. The van der Waals surface area contributed by atoms with Crippen molar-refractivity contribution in [2.75, 3.05) is 27.9 Å². The third-order valence-electron chi connectivity index (χ3n) is 4.02. The van der Waals surface area contributed by atoms with Crippen LogP contribution in [-0.4, -0.2) is 39.0 Å². The molecule has 1 aliphatic heterocycles. The highest BCUT2D eigenvalue weighted by Crippen LogP contribution is 2.39. The van der Waals surface area contributed by atoms with Crippen molar-refractivity contribution in [2.45, 2.75) is 6.92 Å². The summed E-state index contributed by atoms with van der Waals surface area (Å²) in [5, 5.41) is 3.27. The summed E-state index contributed by atoms with van der Waals surface area (Å²) in [6.45, 7) is 2.45. The fraction of sp³-hybridized carbons (Fsp3) is 0.238. The summed E-state index contributed by atoms with van der Waals surface area (Å²) < 4.78 is 21.7. The van der Waals surface area contributed by atoms with Crippen LogP contribution in [0.2, 0.25) is 0 Å². The Balaban J connectivity index is 1.90. The Kier molecular flexibility index (Phi) is 6.66. The maximum absolute atomic E-state index is 12.4. The highest BCUT2D eigenvalue weighted by atomic mass is 32.2. The zero-order chi connectivity index (χ0) is 20.8. The van der Waals surface area contributed by atoms with E-state index in [0.717, 1.165) is 5.56 Å². The standard InChI is InChI=1S/C21H22N2O5S/c1-5-28-15-9-7-6-8-14(15)22-21-23-20(24)18(29-21)12-13-10-16(25-2)19(27-4)17(11-13)26-3/h6-12H,5H2,1-4H3,(H,22,23,24). The van der Waals surface area contributed by atoms with Crippen molar-refractivity contribution in [1.82, 2.24) is 5.32 Å². The van der Waals surface area contributed by atoms with Crippen molar-refractivity contribution in [3.8, 4) is 23.0 Å². The van der Waals surface area contributed by atoms with E-state index in [9.17, 15) is 4.79 Å². The molecule has 152 valence electrons. The van der Waals surface area contributed by atoms with E-state index in [1.807, 2.05) is 31.2 Å². The van der Waals surface area contributed by atoms with Crippen LogP contribution < -0.4 is 24.3 Å². The highest BCUT2D eigenvalue weighted by Gasteiger charge is 2.25. The molecule has 1 fully saturated rings. The number of amidine groups is 1. The van der Waals surface area contributed by atoms with Gasteiger partial charge in [-0.25, -0.2) is 4.99 Å². The van der Waals surface area contributed by atoms with Crippen molar-refractivity contribution in [1.29, 1.82) is 0 Å². The highest BCUT2D eigenvalue weighted by molar-refractivity contribution is 8.18. The van der Waals surface area contributed by atoms with E-state index >= 15 is 0 Å². The molecule has 0 spiro atoms. The van der Waals surface area contributed by atoms with Gasteiger partial charge in [0.25, 0.3) is 5.91 Å². The first-order valence-corrected chi connectivity index (χ1v) is 9.72. The number of amides is 1. The summed E-state index contributed by atoms with van der Waals surface area (Å²) in [6, 6.07) is 11.0. The number of benzene rings is 2. The summed E-state index contributed by atoms with van der Waals surface area (Å²) in [4.78, 5) is 17.5. The van der Waals surface area contributed by atoms with Crippen LogP contribution >= 0.6 is 11.8 Å². The summed E-state index contributed by atoms with van der Waals surface area (Å²) in [5.74, 6) is 1.97. The molecule has 0 aliphatic carbocycles. The molecule has 29 heavy (non-hydrogen) atoms. The van der Waals surface area contributed by atoms with Gasteiger partial charge < -0.3 is 24.3 Å². The quantitative estimate of drug-likeness (QED) is 0.690. The molecule has 8 heteroatoms. The topological polar surface area (TPSA) is 78.4 Å². The first-order valence-electron chi connectivity index (χ1n) is 8.91. The SMILES string of the molecule is CCOc1ccccc1N=C1NC(=O)C(=Cc2cc(OC)c(OC)c(OC)c2)S1. The monoisotopic (exact) mass is 414 g/mol. The van der Waals surface area contributed by atoms with E-state index in [1.165, 1.54) is 11.8 Å². The summed E-state index contributed by atoms with van der Waals surface area (Å²) in [6.07, 6.45) is 1.75. The van der Waals surface area contributed by atoms with Crippen molar-refractivity contribution in [3.05, 3.63) is 46.9 Å². The molecule has 1 aliphatic rings.